The zero-order valence-electron chi connectivity index (χ0n) is 13.0. The fourth-order valence-electron chi connectivity index (χ4n) is 2.35. The van der Waals surface area contributed by atoms with Crippen molar-refractivity contribution in [1.29, 1.82) is 0 Å². The van der Waals surface area contributed by atoms with Crippen molar-refractivity contribution in [2.45, 2.75) is 13.3 Å². The van der Waals surface area contributed by atoms with Crippen molar-refractivity contribution < 1.29 is 14.7 Å². The molecular weight excluding hydrogens is 288 g/mol. The van der Waals surface area contributed by atoms with Crippen molar-refractivity contribution in [3.63, 3.8) is 0 Å². The minimum Gasteiger partial charge on any atom is -0.507 e. The van der Waals surface area contributed by atoms with Gasteiger partial charge in [-0.3, -0.25) is 9.59 Å². The highest BCUT2D eigenvalue weighted by Crippen LogP contribution is 2.29. The summed E-state index contributed by atoms with van der Waals surface area (Å²) >= 11 is 0. The van der Waals surface area contributed by atoms with E-state index in [2.05, 4.69) is 6.58 Å². The SMILES string of the molecule is C=C(C=O)/C=C(\C=C/CC)c1ccc2c(C=O)c(O)ccc2c1. The molecule has 0 saturated carbocycles. The maximum absolute atomic E-state index is 11.2. The number of carbonyl (C=O) groups is 2. The van der Waals surface area contributed by atoms with Crippen molar-refractivity contribution in [3.05, 3.63) is 71.8 Å². The highest BCUT2D eigenvalue weighted by atomic mass is 16.3. The molecule has 23 heavy (non-hydrogen) atoms. The molecule has 0 saturated heterocycles. The van der Waals surface area contributed by atoms with E-state index < -0.39 is 0 Å². The molecule has 2 rings (SSSR count). The van der Waals surface area contributed by atoms with Gasteiger partial charge in [-0.25, -0.2) is 0 Å². The van der Waals surface area contributed by atoms with Crippen molar-refractivity contribution in [3.8, 4) is 5.75 Å². The third-order valence-electron chi connectivity index (χ3n) is 3.52. The number of phenols is 1. The van der Waals surface area contributed by atoms with Crippen molar-refractivity contribution in [2.24, 2.45) is 0 Å². The first-order valence-corrected chi connectivity index (χ1v) is 7.34. The van der Waals surface area contributed by atoms with Crippen LogP contribution in [0.4, 0.5) is 0 Å². The van der Waals surface area contributed by atoms with Gasteiger partial charge in [0.2, 0.25) is 0 Å². The number of aromatic hydroxyl groups is 1. The van der Waals surface area contributed by atoms with Crippen LogP contribution in [-0.4, -0.2) is 17.7 Å². The van der Waals surface area contributed by atoms with Crippen LogP contribution in [-0.2, 0) is 4.79 Å². The second-order valence-electron chi connectivity index (χ2n) is 5.16. The number of hydrogen-bond donors (Lipinski definition) is 1. The maximum atomic E-state index is 11.2. The minimum absolute atomic E-state index is 0.0313. The molecule has 0 spiro atoms. The fourth-order valence-corrected chi connectivity index (χ4v) is 2.35. The molecule has 0 aliphatic carbocycles. The summed E-state index contributed by atoms with van der Waals surface area (Å²) in [4.78, 5) is 22.0. The molecule has 0 atom stereocenters. The van der Waals surface area contributed by atoms with Crippen LogP contribution in [0.2, 0.25) is 0 Å². The Bertz CT molecular complexity index is 826. The molecule has 0 aliphatic rings. The van der Waals surface area contributed by atoms with Gasteiger partial charge in [-0.15, -0.1) is 0 Å². The zero-order chi connectivity index (χ0) is 16.8. The van der Waals surface area contributed by atoms with Gasteiger partial charge >= 0.3 is 0 Å². The monoisotopic (exact) mass is 306 g/mol. The Morgan fingerprint density at radius 1 is 1.22 bits per heavy atom. The molecule has 0 amide bonds. The number of phenolic OH excluding ortho intramolecular Hbond substituents is 1. The van der Waals surface area contributed by atoms with E-state index in [0.29, 0.717) is 23.5 Å². The molecule has 116 valence electrons. The molecule has 3 nitrogen and oxygen atoms in total. The summed E-state index contributed by atoms with van der Waals surface area (Å²) in [6.07, 6.45) is 7.91. The molecular formula is C20H18O3. The number of aldehydes is 2. The van der Waals surface area contributed by atoms with E-state index >= 15 is 0 Å². The minimum atomic E-state index is -0.0313. The number of hydrogen-bond acceptors (Lipinski definition) is 3. The first-order valence-electron chi connectivity index (χ1n) is 7.34. The molecule has 3 heteroatoms. The van der Waals surface area contributed by atoms with Crippen LogP contribution < -0.4 is 0 Å². The van der Waals surface area contributed by atoms with E-state index in [1.807, 2.05) is 31.2 Å². The van der Waals surface area contributed by atoms with E-state index in [1.54, 1.807) is 18.2 Å². The van der Waals surface area contributed by atoms with Gasteiger partial charge in [0.25, 0.3) is 0 Å². The average molecular weight is 306 g/mol. The topological polar surface area (TPSA) is 54.4 Å². The molecule has 0 heterocycles. The lowest BCUT2D eigenvalue weighted by Gasteiger charge is -2.08. The largest absolute Gasteiger partial charge is 0.507 e. The average Bonchev–Trinajstić information content (AvgIpc) is 2.57. The van der Waals surface area contributed by atoms with Crippen LogP contribution in [0.5, 0.6) is 5.75 Å². The van der Waals surface area contributed by atoms with Gasteiger partial charge in [-0.2, -0.15) is 0 Å². The van der Waals surface area contributed by atoms with Crippen molar-refractivity contribution in [2.75, 3.05) is 0 Å². The Hall–Kier alpha value is -2.94. The molecule has 2 aromatic rings. The molecule has 0 radical (unpaired) electrons. The van der Waals surface area contributed by atoms with Crippen LogP contribution >= 0.6 is 0 Å². The number of rotatable bonds is 6. The highest BCUT2D eigenvalue weighted by Gasteiger charge is 2.08. The van der Waals surface area contributed by atoms with Crippen LogP contribution in [0.15, 0.2) is 60.7 Å². The van der Waals surface area contributed by atoms with Gasteiger partial charge < -0.3 is 5.11 Å². The van der Waals surface area contributed by atoms with Gasteiger partial charge in [-0.05, 0) is 46.5 Å². The molecule has 0 bridgehead atoms. The highest BCUT2D eigenvalue weighted by molar-refractivity contribution is 6.02. The first-order chi connectivity index (χ1) is 11.1. The summed E-state index contributed by atoms with van der Waals surface area (Å²) in [7, 11) is 0. The third-order valence-corrected chi connectivity index (χ3v) is 3.52. The lowest BCUT2D eigenvalue weighted by molar-refractivity contribution is -0.104. The Morgan fingerprint density at radius 2 is 2.00 bits per heavy atom. The second-order valence-corrected chi connectivity index (χ2v) is 5.16. The molecule has 2 aromatic carbocycles. The normalized spacial score (nSPS) is 11.8. The third kappa shape index (κ3) is 3.64. The van der Waals surface area contributed by atoms with Crippen molar-refractivity contribution >= 4 is 28.9 Å². The van der Waals surface area contributed by atoms with E-state index in [-0.39, 0.29) is 11.3 Å². The van der Waals surface area contributed by atoms with Gasteiger partial charge in [0.15, 0.2) is 6.29 Å². The van der Waals surface area contributed by atoms with E-state index in [0.717, 1.165) is 22.9 Å². The summed E-state index contributed by atoms with van der Waals surface area (Å²) in [5.41, 5.74) is 2.44. The second kappa shape index (κ2) is 7.36. The van der Waals surface area contributed by atoms with Crippen LogP contribution in [0.1, 0.15) is 29.3 Å². The van der Waals surface area contributed by atoms with E-state index in [4.69, 9.17) is 0 Å². The van der Waals surface area contributed by atoms with E-state index in [1.165, 1.54) is 6.07 Å². The first kappa shape index (κ1) is 16.4. The zero-order valence-corrected chi connectivity index (χ0v) is 13.0. The predicted octanol–water partition coefficient (Wildman–Crippen LogP) is 4.46. The number of carbonyl (C=O) groups excluding carboxylic acids is 2. The molecule has 1 N–H and O–H groups in total. The van der Waals surface area contributed by atoms with Gasteiger partial charge in [0, 0.05) is 5.57 Å². The lowest BCUT2D eigenvalue weighted by Crippen LogP contribution is -1.88. The number of fused-ring (bicyclic) bond motifs is 1. The summed E-state index contributed by atoms with van der Waals surface area (Å²) in [5.74, 6) is -0.0313. The number of allylic oxidation sites excluding steroid dienone is 5. The summed E-state index contributed by atoms with van der Waals surface area (Å²) in [6.45, 7) is 5.72. The summed E-state index contributed by atoms with van der Waals surface area (Å²) in [5, 5.41) is 11.3. The standard InChI is InChI=1S/C20H18O3/c1-3-4-5-15(10-14(2)12-21)16-6-8-18-17(11-16)7-9-20(23)19(18)13-22/h4-13,23H,2-3H2,1H3/b5-4-,15-10+. The van der Waals surface area contributed by atoms with Crippen LogP contribution in [0.25, 0.3) is 16.3 Å². The van der Waals surface area contributed by atoms with Gasteiger partial charge in [0.1, 0.15) is 12.0 Å². The van der Waals surface area contributed by atoms with Crippen molar-refractivity contribution in [1.82, 2.24) is 0 Å². The molecule has 0 aliphatic heterocycles. The van der Waals surface area contributed by atoms with Gasteiger partial charge in [-0.1, -0.05) is 43.9 Å². The van der Waals surface area contributed by atoms with Crippen LogP contribution in [0, 0.1) is 0 Å². The quantitative estimate of drug-likeness (QED) is 0.487. The fraction of sp³-hybridized carbons (Fsp3) is 0.100. The molecule has 0 aromatic heterocycles. The Morgan fingerprint density at radius 3 is 2.65 bits per heavy atom. The van der Waals surface area contributed by atoms with Gasteiger partial charge in [0.05, 0.1) is 5.56 Å². The summed E-state index contributed by atoms with van der Waals surface area (Å²) < 4.78 is 0. The lowest BCUT2D eigenvalue weighted by atomic mass is 9.97. The smallest absolute Gasteiger partial charge is 0.154 e. The summed E-state index contributed by atoms with van der Waals surface area (Å²) in [6, 6.07) is 8.85. The predicted molar refractivity (Wildman–Crippen MR) is 93.6 cm³/mol. The van der Waals surface area contributed by atoms with E-state index in [9.17, 15) is 14.7 Å². The Kier molecular flexibility index (Phi) is 5.26. The maximum Gasteiger partial charge on any atom is 0.154 e. The van der Waals surface area contributed by atoms with Crippen LogP contribution in [0.3, 0.4) is 0 Å². The molecule has 0 unspecified atom stereocenters. The Balaban J connectivity index is 2.61. The number of benzene rings is 2. The Labute approximate surface area is 135 Å². The molecule has 0 fully saturated rings.